The molecular formula is C2H2K2NO4P. The van der Waals surface area contributed by atoms with Gasteiger partial charge in [-0.25, -0.2) is 0 Å². The molecule has 0 rings (SSSR count). The summed E-state index contributed by atoms with van der Waals surface area (Å²) >= 11 is 0. The van der Waals surface area contributed by atoms with Crippen LogP contribution in [0, 0.1) is 11.3 Å². The molecule has 0 radical (unpaired) electrons. The summed E-state index contributed by atoms with van der Waals surface area (Å²) in [6.07, 6.45) is 0. The third-order valence-electron chi connectivity index (χ3n) is 0.287. The van der Waals surface area contributed by atoms with Gasteiger partial charge >= 0.3 is 103 Å². The van der Waals surface area contributed by atoms with Crippen molar-refractivity contribution < 1.29 is 122 Å². The van der Waals surface area contributed by atoms with Gasteiger partial charge in [0.1, 0.15) is 6.61 Å². The quantitative estimate of drug-likeness (QED) is 0.335. The maximum atomic E-state index is 9.49. The first-order valence-corrected chi connectivity index (χ1v) is 3.06. The van der Waals surface area contributed by atoms with Gasteiger partial charge in [-0.15, -0.1) is 0 Å². The fourth-order valence-corrected chi connectivity index (χ4v) is 0.324. The van der Waals surface area contributed by atoms with Gasteiger partial charge in [0.05, 0.1) is 13.9 Å². The second-order valence-corrected chi connectivity index (χ2v) is 2.03. The molecule has 0 aromatic rings. The molecule has 0 N–H and O–H groups in total. The first kappa shape index (κ1) is 18.6. The summed E-state index contributed by atoms with van der Waals surface area (Å²) in [4.78, 5) is 19.0. The predicted octanol–water partition coefficient (Wildman–Crippen LogP) is -7.64. The molecule has 0 saturated heterocycles. The Labute approximate surface area is 144 Å². The van der Waals surface area contributed by atoms with Crippen LogP contribution in [0.4, 0.5) is 0 Å². The number of phosphoric ester groups is 1. The monoisotopic (exact) mass is 213 g/mol. The second-order valence-electron chi connectivity index (χ2n) is 0.879. The van der Waals surface area contributed by atoms with E-state index in [1.165, 1.54) is 6.07 Å². The zero-order chi connectivity index (χ0) is 6.62. The van der Waals surface area contributed by atoms with Gasteiger partial charge in [-0.05, 0) is 0 Å². The fraction of sp³-hybridized carbons (Fsp3) is 0.500. The van der Waals surface area contributed by atoms with E-state index in [4.69, 9.17) is 5.26 Å². The molecular weight excluding hydrogens is 211 g/mol. The Morgan fingerprint density at radius 3 is 2.00 bits per heavy atom. The van der Waals surface area contributed by atoms with Gasteiger partial charge in [0.15, 0.2) is 0 Å². The van der Waals surface area contributed by atoms with E-state index in [0.717, 1.165) is 0 Å². The van der Waals surface area contributed by atoms with Crippen molar-refractivity contribution in [2.45, 2.75) is 0 Å². The minimum absolute atomic E-state index is 0. The molecule has 0 amide bonds. The summed E-state index contributed by atoms with van der Waals surface area (Å²) in [6, 6.07) is 1.33. The Kier molecular flexibility index (Phi) is 18.5. The van der Waals surface area contributed by atoms with Crippen LogP contribution in [0.1, 0.15) is 0 Å². The number of rotatable bonds is 2. The Hall–Kier alpha value is 2.87. The van der Waals surface area contributed by atoms with Crippen molar-refractivity contribution in [2.75, 3.05) is 6.61 Å². The number of phosphoric acid groups is 1. The van der Waals surface area contributed by atoms with Crippen LogP contribution in [0.3, 0.4) is 0 Å². The molecule has 0 aliphatic rings. The first-order valence-electron chi connectivity index (χ1n) is 1.60. The molecule has 8 heteroatoms. The molecule has 46 valence electrons. The normalized spacial score (nSPS) is 8.50. The van der Waals surface area contributed by atoms with E-state index < -0.39 is 14.4 Å². The van der Waals surface area contributed by atoms with Crippen molar-refractivity contribution in [3.63, 3.8) is 0 Å². The average molecular weight is 213 g/mol. The van der Waals surface area contributed by atoms with Crippen LogP contribution in [0.2, 0.25) is 0 Å². The molecule has 0 aromatic heterocycles. The van der Waals surface area contributed by atoms with Crippen molar-refractivity contribution in [3.8, 4) is 6.07 Å². The molecule has 0 unspecified atom stereocenters. The van der Waals surface area contributed by atoms with Gasteiger partial charge in [-0.2, -0.15) is 5.26 Å². The van der Waals surface area contributed by atoms with Gasteiger partial charge in [0.2, 0.25) is 0 Å². The first-order chi connectivity index (χ1) is 3.56. The van der Waals surface area contributed by atoms with Crippen LogP contribution in [0.25, 0.3) is 0 Å². The predicted molar refractivity (Wildman–Crippen MR) is 19.2 cm³/mol. The van der Waals surface area contributed by atoms with Gasteiger partial charge in [0.25, 0.3) is 0 Å². The molecule has 0 aromatic carbocycles. The topological polar surface area (TPSA) is 96.2 Å². The Morgan fingerprint density at radius 2 is 1.90 bits per heavy atom. The second kappa shape index (κ2) is 9.96. The van der Waals surface area contributed by atoms with Gasteiger partial charge < -0.3 is 18.9 Å². The Bertz CT molecular complexity index is 150. The van der Waals surface area contributed by atoms with E-state index >= 15 is 0 Å². The smallest absolute Gasteiger partial charge is 0.790 e. The Balaban J connectivity index is -0.000000245. The molecule has 0 bridgehead atoms. The average Bonchev–Trinajstić information content (AvgIpc) is 1.59. The summed E-state index contributed by atoms with van der Waals surface area (Å²) in [7, 11) is -4.90. The molecule has 10 heavy (non-hydrogen) atoms. The maximum Gasteiger partial charge on any atom is 1.00 e. The van der Waals surface area contributed by atoms with Crippen molar-refractivity contribution >= 4 is 7.82 Å². The summed E-state index contributed by atoms with van der Waals surface area (Å²) in [6.45, 7) is -0.704. The van der Waals surface area contributed by atoms with E-state index in [9.17, 15) is 14.4 Å². The minimum Gasteiger partial charge on any atom is -0.790 e. The summed E-state index contributed by atoms with van der Waals surface area (Å²) in [5.41, 5.74) is 0. The third kappa shape index (κ3) is 17.1. The summed E-state index contributed by atoms with van der Waals surface area (Å²) in [5.74, 6) is 0. The Morgan fingerprint density at radius 1 is 1.50 bits per heavy atom. The van der Waals surface area contributed by atoms with E-state index in [0.29, 0.717) is 0 Å². The van der Waals surface area contributed by atoms with Crippen molar-refractivity contribution in [2.24, 2.45) is 0 Å². The van der Waals surface area contributed by atoms with Crippen molar-refractivity contribution in [1.82, 2.24) is 0 Å². The van der Waals surface area contributed by atoms with Crippen LogP contribution < -0.4 is 113 Å². The fourth-order valence-electron chi connectivity index (χ4n) is 0.108. The molecule has 5 nitrogen and oxygen atoms in total. The summed E-state index contributed by atoms with van der Waals surface area (Å²) in [5, 5.41) is 7.66. The van der Waals surface area contributed by atoms with Gasteiger partial charge in [-0.1, -0.05) is 0 Å². The number of hydrogen-bond acceptors (Lipinski definition) is 5. The van der Waals surface area contributed by atoms with Crippen LogP contribution >= 0.6 is 7.82 Å². The maximum absolute atomic E-state index is 9.49. The zero-order valence-corrected chi connectivity index (χ0v) is 12.9. The largest absolute Gasteiger partial charge is 1.00 e. The van der Waals surface area contributed by atoms with E-state index in [1.807, 2.05) is 0 Å². The van der Waals surface area contributed by atoms with E-state index in [1.54, 1.807) is 0 Å². The number of nitriles is 1. The van der Waals surface area contributed by atoms with Crippen LogP contribution in [-0.4, -0.2) is 6.61 Å². The summed E-state index contributed by atoms with van der Waals surface area (Å²) < 4.78 is 13.0. The molecule has 0 aliphatic heterocycles. The van der Waals surface area contributed by atoms with Gasteiger partial charge in [-0.3, -0.25) is 0 Å². The molecule has 0 fully saturated rings. The standard InChI is InChI=1S/C2H4NO4P.2K/c3-1-2-7-8(4,5)6;;/h2H2,(H2,4,5,6);;/q;2*+1/p-2. The van der Waals surface area contributed by atoms with E-state index in [2.05, 4.69) is 4.52 Å². The van der Waals surface area contributed by atoms with Crippen LogP contribution in [0.5, 0.6) is 0 Å². The molecule has 0 heterocycles. The van der Waals surface area contributed by atoms with Gasteiger partial charge in [0, 0.05) is 0 Å². The molecule has 0 saturated carbocycles. The van der Waals surface area contributed by atoms with Crippen LogP contribution in [-0.2, 0) is 9.09 Å². The zero-order valence-electron chi connectivity index (χ0n) is 5.73. The minimum atomic E-state index is -4.90. The van der Waals surface area contributed by atoms with Crippen molar-refractivity contribution in [1.29, 1.82) is 5.26 Å². The number of nitrogens with zero attached hydrogens (tertiary/aromatic N) is 1. The third-order valence-corrected chi connectivity index (χ3v) is 0.733. The molecule has 0 atom stereocenters. The molecule has 0 aliphatic carbocycles. The van der Waals surface area contributed by atoms with Crippen molar-refractivity contribution in [3.05, 3.63) is 0 Å². The van der Waals surface area contributed by atoms with Crippen LogP contribution in [0.15, 0.2) is 0 Å². The van der Waals surface area contributed by atoms with E-state index in [-0.39, 0.29) is 103 Å². The number of hydrogen-bond donors (Lipinski definition) is 0. The SMILES string of the molecule is N#CCOP(=O)([O-])[O-].[K+].[K+]. The molecule has 0 spiro atoms.